The summed E-state index contributed by atoms with van der Waals surface area (Å²) >= 11 is 6.09. The fourth-order valence-corrected chi connectivity index (χ4v) is 3.25. The SMILES string of the molecule is COc1cc(Cl)c(C)cc1NC(=O)c1cnc(NC2CCCCC2)cn1. The monoisotopic (exact) mass is 374 g/mol. The number of rotatable bonds is 5. The molecule has 0 unspecified atom stereocenters. The number of hydrogen-bond acceptors (Lipinski definition) is 5. The molecule has 0 saturated heterocycles. The highest BCUT2D eigenvalue weighted by atomic mass is 35.5. The predicted octanol–water partition coefficient (Wildman–Crippen LogP) is 4.44. The fourth-order valence-electron chi connectivity index (χ4n) is 3.09. The second-order valence-electron chi connectivity index (χ2n) is 6.52. The van der Waals surface area contributed by atoms with Gasteiger partial charge in [-0.2, -0.15) is 0 Å². The largest absolute Gasteiger partial charge is 0.495 e. The van der Waals surface area contributed by atoms with Crippen LogP contribution in [0.4, 0.5) is 11.5 Å². The molecule has 2 N–H and O–H groups in total. The number of methoxy groups -OCH3 is 1. The average Bonchev–Trinajstić information content (AvgIpc) is 2.66. The molecule has 1 amide bonds. The summed E-state index contributed by atoms with van der Waals surface area (Å²) in [7, 11) is 1.53. The Hall–Kier alpha value is -2.34. The van der Waals surface area contributed by atoms with Crippen LogP contribution >= 0.6 is 11.6 Å². The van der Waals surface area contributed by atoms with Crippen molar-refractivity contribution in [2.75, 3.05) is 17.7 Å². The number of amides is 1. The zero-order valence-corrected chi connectivity index (χ0v) is 15.8. The van der Waals surface area contributed by atoms with E-state index in [0.717, 1.165) is 18.4 Å². The van der Waals surface area contributed by atoms with E-state index >= 15 is 0 Å². The zero-order valence-electron chi connectivity index (χ0n) is 15.0. The van der Waals surface area contributed by atoms with Gasteiger partial charge in [0.2, 0.25) is 0 Å². The number of hydrogen-bond donors (Lipinski definition) is 2. The van der Waals surface area contributed by atoms with Crippen molar-refractivity contribution in [2.24, 2.45) is 0 Å². The summed E-state index contributed by atoms with van der Waals surface area (Å²) in [6.45, 7) is 1.86. The Morgan fingerprint density at radius 2 is 1.96 bits per heavy atom. The van der Waals surface area contributed by atoms with Gasteiger partial charge in [-0.1, -0.05) is 30.9 Å². The van der Waals surface area contributed by atoms with Crippen molar-refractivity contribution in [3.8, 4) is 5.75 Å². The third-order valence-corrected chi connectivity index (χ3v) is 4.98. The lowest BCUT2D eigenvalue weighted by Crippen LogP contribution is -2.23. The molecule has 1 aromatic heterocycles. The van der Waals surface area contributed by atoms with Crippen LogP contribution in [0.25, 0.3) is 0 Å². The zero-order chi connectivity index (χ0) is 18.5. The highest BCUT2D eigenvalue weighted by Crippen LogP contribution is 2.31. The number of carbonyl (C=O) groups excluding carboxylic acids is 1. The molecule has 26 heavy (non-hydrogen) atoms. The predicted molar refractivity (Wildman–Crippen MR) is 103 cm³/mol. The Kier molecular flexibility index (Phi) is 5.93. The molecule has 1 aliphatic rings. The third-order valence-electron chi connectivity index (χ3n) is 4.57. The van der Waals surface area contributed by atoms with Gasteiger partial charge < -0.3 is 15.4 Å². The maximum absolute atomic E-state index is 12.5. The number of nitrogens with zero attached hydrogens (tertiary/aromatic N) is 2. The van der Waals surface area contributed by atoms with Crippen LogP contribution in [0.3, 0.4) is 0 Å². The lowest BCUT2D eigenvalue weighted by Gasteiger charge is -2.23. The van der Waals surface area contributed by atoms with Gasteiger partial charge in [0.25, 0.3) is 5.91 Å². The maximum atomic E-state index is 12.5. The van der Waals surface area contributed by atoms with E-state index in [9.17, 15) is 4.79 Å². The second kappa shape index (κ2) is 8.36. The molecule has 0 aliphatic heterocycles. The van der Waals surface area contributed by atoms with Gasteiger partial charge in [-0.05, 0) is 31.4 Å². The van der Waals surface area contributed by atoms with E-state index in [1.807, 2.05) is 6.92 Å². The van der Waals surface area contributed by atoms with E-state index in [-0.39, 0.29) is 11.6 Å². The first kappa shape index (κ1) is 18.5. The van der Waals surface area contributed by atoms with Gasteiger partial charge in [-0.25, -0.2) is 9.97 Å². The van der Waals surface area contributed by atoms with Gasteiger partial charge in [0.15, 0.2) is 0 Å². The van der Waals surface area contributed by atoms with E-state index in [4.69, 9.17) is 16.3 Å². The van der Waals surface area contributed by atoms with Crippen molar-refractivity contribution in [3.05, 3.63) is 40.8 Å². The van der Waals surface area contributed by atoms with Gasteiger partial charge in [0, 0.05) is 17.1 Å². The number of benzene rings is 1. The number of nitrogens with one attached hydrogen (secondary N) is 2. The summed E-state index contributed by atoms with van der Waals surface area (Å²) < 4.78 is 5.28. The molecule has 0 radical (unpaired) electrons. The highest BCUT2D eigenvalue weighted by molar-refractivity contribution is 6.31. The number of carbonyl (C=O) groups is 1. The third kappa shape index (κ3) is 4.43. The second-order valence-corrected chi connectivity index (χ2v) is 6.93. The molecule has 138 valence electrons. The number of anilines is 2. The Morgan fingerprint density at radius 3 is 2.62 bits per heavy atom. The first-order valence-corrected chi connectivity index (χ1v) is 9.18. The van der Waals surface area contributed by atoms with Crippen LogP contribution in [0.15, 0.2) is 24.5 Å². The molecular weight excluding hydrogens is 352 g/mol. The number of aryl methyl sites for hydroxylation is 1. The van der Waals surface area contributed by atoms with Crippen LogP contribution in [-0.4, -0.2) is 29.0 Å². The maximum Gasteiger partial charge on any atom is 0.275 e. The first-order chi connectivity index (χ1) is 12.6. The smallest absolute Gasteiger partial charge is 0.275 e. The minimum absolute atomic E-state index is 0.244. The van der Waals surface area contributed by atoms with Gasteiger partial charge in [0.1, 0.15) is 17.3 Å². The molecule has 1 saturated carbocycles. The van der Waals surface area contributed by atoms with Crippen molar-refractivity contribution < 1.29 is 9.53 Å². The molecule has 2 aromatic rings. The van der Waals surface area contributed by atoms with Crippen LogP contribution < -0.4 is 15.4 Å². The lowest BCUT2D eigenvalue weighted by atomic mass is 9.96. The topological polar surface area (TPSA) is 76.1 Å². The summed E-state index contributed by atoms with van der Waals surface area (Å²) in [6, 6.07) is 3.89. The summed E-state index contributed by atoms with van der Waals surface area (Å²) in [5, 5.41) is 6.77. The van der Waals surface area contributed by atoms with Crippen LogP contribution in [0, 0.1) is 6.92 Å². The van der Waals surface area contributed by atoms with Gasteiger partial charge in [-0.3, -0.25) is 4.79 Å². The van der Waals surface area contributed by atoms with E-state index in [2.05, 4.69) is 20.6 Å². The number of ether oxygens (including phenoxy) is 1. The van der Waals surface area contributed by atoms with Gasteiger partial charge in [-0.15, -0.1) is 0 Å². The molecular formula is C19H23ClN4O2. The van der Waals surface area contributed by atoms with Crippen molar-refractivity contribution in [1.29, 1.82) is 0 Å². The van der Waals surface area contributed by atoms with Crippen LogP contribution in [0.5, 0.6) is 5.75 Å². The molecule has 3 rings (SSSR count). The average molecular weight is 375 g/mol. The molecule has 1 aromatic carbocycles. The van der Waals surface area contributed by atoms with Crippen molar-refractivity contribution >= 4 is 29.0 Å². The summed E-state index contributed by atoms with van der Waals surface area (Å²) in [5.41, 5.74) is 1.64. The summed E-state index contributed by atoms with van der Waals surface area (Å²) in [5.74, 6) is 0.854. The van der Waals surface area contributed by atoms with E-state index in [1.165, 1.54) is 32.6 Å². The van der Waals surface area contributed by atoms with Crippen molar-refractivity contribution in [3.63, 3.8) is 0 Å². The van der Waals surface area contributed by atoms with Crippen molar-refractivity contribution in [2.45, 2.75) is 45.1 Å². The molecule has 6 nitrogen and oxygen atoms in total. The van der Waals surface area contributed by atoms with Crippen LogP contribution in [0.2, 0.25) is 5.02 Å². The van der Waals surface area contributed by atoms with Crippen LogP contribution in [0.1, 0.15) is 48.2 Å². The minimum Gasteiger partial charge on any atom is -0.495 e. The van der Waals surface area contributed by atoms with Crippen molar-refractivity contribution in [1.82, 2.24) is 9.97 Å². The van der Waals surface area contributed by atoms with Crippen LogP contribution in [-0.2, 0) is 0 Å². The molecule has 1 heterocycles. The van der Waals surface area contributed by atoms with Gasteiger partial charge >= 0.3 is 0 Å². The summed E-state index contributed by atoms with van der Waals surface area (Å²) in [6.07, 6.45) is 9.18. The quantitative estimate of drug-likeness (QED) is 0.808. The Bertz CT molecular complexity index is 774. The molecule has 7 heteroatoms. The number of aromatic nitrogens is 2. The Labute approximate surface area is 158 Å². The van der Waals surface area contributed by atoms with E-state index in [0.29, 0.717) is 28.3 Å². The molecule has 0 spiro atoms. The standard InChI is InChI=1S/C19H23ClN4O2/c1-12-8-15(17(26-2)9-14(12)20)24-19(25)16-10-22-18(11-21-16)23-13-6-4-3-5-7-13/h8-11,13H,3-7H2,1-2H3,(H,22,23)(H,24,25). The Balaban J connectivity index is 1.67. The summed E-state index contributed by atoms with van der Waals surface area (Å²) in [4.78, 5) is 21.0. The number of halogens is 1. The molecule has 1 fully saturated rings. The van der Waals surface area contributed by atoms with Gasteiger partial charge in [0.05, 0.1) is 25.2 Å². The molecule has 0 bridgehead atoms. The normalized spacial score (nSPS) is 14.7. The van der Waals surface area contributed by atoms with E-state index in [1.54, 1.807) is 18.3 Å². The lowest BCUT2D eigenvalue weighted by molar-refractivity contribution is 0.102. The molecule has 0 atom stereocenters. The minimum atomic E-state index is -0.346. The first-order valence-electron chi connectivity index (χ1n) is 8.81. The molecule has 1 aliphatic carbocycles. The fraction of sp³-hybridized carbons (Fsp3) is 0.421. The highest BCUT2D eigenvalue weighted by Gasteiger charge is 2.16. The van der Waals surface area contributed by atoms with E-state index < -0.39 is 0 Å². The Morgan fingerprint density at radius 1 is 1.19 bits per heavy atom.